The predicted octanol–water partition coefficient (Wildman–Crippen LogP) is 7.74. The van der Waals surface area contributed by atoms with E-state index in [1.54, 1.807) is 0 Å². The quantitative estimate of drug-likeness (QED) is 0.391. The van der Waals surface area contributed by atoms with Crippen LogP contribution in [0.4, 0.5) is 0 Å². The van der Waals surface area contributed by atoms with E-state index in [-0.39, 0.29) is 0 Å². The molecule has 0 radical (unpaired) electrons. The molecule has 0 heteroatoms. The van der Waals surface area contributed by atoms with Gasteiger partial charge in [-0.1, -0.05) is 88.7 Å². The minimum atomic E-state index is 0.500. The molecule has 0 aromatic carbocycles. The summed E-state index contributed by atoms with van der Waals surface area (Å²) < 4.78 is 0. The summed E-state index contributed by atoms with van der Waals surface area (Å²) in [7, 11) is 0. The maximum atomic E-state index is 3.56. The Bertz CT molecular complexity index is 99.1. The lowest BCUT2D eigenvalue weighted by molar-refractivity contribution is 0.469. The standard InChI is InChI=1S/2C5H12.C4H8.2C2H6/c2*1-5(2,3)4;1-4(2)3;2*1-2/h2*1-4H3;1H2,2-3H3;2*1-2H3. The van der Waals surface area contributed by atoms with Gasteiger partial charge in [-0.25, -0.2) is 0 Å². The van der Waals surface area contributed by atoms with Crippen molar-refractivity contribution in [3.05, 3.63) is 12.2 Å². The van der Waals surface area contributed by atoms with E-state index in [4.69, 9.17) is 0 Å². The van der Waals surface area contributed by atoms with Crippen LogP contribution in [0.2, 0.25) is 0 Å². The van der Waals surface area contributed by atoms with Gasteiger partial charge in [0.05, 0.1) is 0 Å². The number of hydrogen-bond donors (Lipinski definition) is 0. The normalized spacial score (nSPS) is 8.78. The van der Waals surface area contributed by atoms with Crippen LogP contribution < -0.4 is 0 Å². The first kappa shape index (κ1) is 30.6. The molecule has 0 aliphatic heterocycles. The summed E-state index contributed by atoms with van der Waals surface area (Å²) in [5, 5.41) is 0. The molecule has 18 heavy (non-hydrogen) atoms. The maximum Gasteiger partial charge on any atom is -0.0411 e. The molecule has 0 aromatic heterocycles. The van der Waals surface area contributed by atoms with E-state index in [9.17, 15) is 0 Å². The summed E-state index contributed by atoms with van der Waals surface area (Å²) in [5.74, 6) is 0. The molecule has 0 rings (SSSR count). The monoisotopic (exact) mass is 260 g/mol. The molecular formula is C18H44. The number of hydrogen-bond acceptors (Lipinski definition) is 0. The van der Waals surface area contributed by atoms with Crippen LogP contribution in [0, 0.1) is 10.8 Å². The Kier molecular flexibility index (Phi) is 32.5. The highest BCUT2D eigenvalue weighted by Gasteiger charge is 1.96. The zero-order valence-electron chi connectivity index (χ0n) is 16.2. The van der Waals surface area contributed by atoms with Gasteiger partial charge >= 0.3 is 0 Å². The number of allylic oxidation sites excluding steroid dienone is 1. The molecule has 116 valence electrons. The summed E-state index contributed by atoms with van der Waals surface area (Å²) in [6.45, 7) is 33.0. The van der Waals surface area contributed by atoms with Gasteiger partial charge in [-0.2, -0.15) is 0 Å². The van der Waals surface area contributed by atoms with Crippen molar-refractivity contribution in [2.24, 2.45) is 10.8 Å². The van der Waals surface area contributed by atoms with E-state index in [0.29, 0.717) is 10.8 Å². The second-order valence-corrected chi connectivity index (χ2v) is 7.21. The minimum Gasteiger partial charge on any atom is -0.100 e. The number of rotatable bonds is 0. The molecule has 0 nitrogen and oxygen atoms in total. The molecule has 0 amide bonds. The third-order valence-corrected chi connectivity index (χ3v) is 0. The highest BCUT2D eigenvalue weighted by molar-refractivity contribution is 4.78. The molecule has 0 aliphatic rings. The van der Waals surface area contributed by atoms with Crippen LogP contribution in [0.1, 0.15) is 96.9 Å². The lowest BCUT2D eigenvalue weighted by atomic mass is 10.0. The van der Waals surface area contributed by atoms with E-state index in [2.05, 4.69) is 62.0 Å². The van der Waals surface area contributed by atoms with Crippen molar-refractivity contribution in [2.75, 3.05) is 0 Å². The van der Waals surface area contributed by atoms with Crippen LogP contribution in [0.15, 0.2) is 12.2 Å². The third-order valence-electron chi connectivity index (χ3n) is 0. The first-order valence-electron chi connectivity index (χ1n) is 7.35. The van der Waals surface area contributed by atoms with E-state index in [1.165, 1.54) is 5.57 Å². The summed E-state index contributed by atoms with van der Waals surface area (Å²) in [6.07, 6.45) is 0. The molecule has 0 atom stereocenters. The van der Waals surface area contributed by atoms with Crippen LogP contribution >= 0.6 is 0 Å². The molecule has 0 fully saturated rings. The lowest BCUT2D eigenvalue weighted by Gasteiger charge is -2.05. The van der Waals surface area contributed by atoms with Gasteiger partial charge in [0.2, 0.25) is 0 Å². The topological polar surface area (TPSA) is 0 Å². The van der Waals surface area contributed by atoms with Crippen molar-refractivity contribution < 1.29 is 0 Å². The highest BCUT2D eigenvalue weighted by atomic mass is 14.0. The molecule has 0 unspecified atom stereocenters. The molecular weight excluding hydrogens is 216 g/mol. The first-order valence-corrected chi connectivity index (χ1v) is 7.35. The Morgan fingerprint density at radius 2 is 0.556 bits per heavy atom. The summed E-state index contributed by atoms with van der Waals surface area (Å²) in [5.41, 5.74) is 2.17. The Morgan fingerprint density at radius 3 is 0.556 bits per heavy atom. The largest absolute Gasteiger partial charge is 0.100 e. The molecule has 0 N–H and O–H groups in total. The van der Waals surface area contributed by atoms with E-state index < -0.39 is 0 Å². The average molecular weight is 261 g/mol. The molecule has 0 saturated carbocycles. The summed E-state index contributed by atoms with van der Waals surface area (Å²) in [4.78, 5) is 0. The zero-order valence-corrected chi connectivity index (χ0v) is 16.2. The van der Waals surface area contributed by atoms with Crippen LogP contribution in [-0.2, 0) is 0 Å². The van der Waals surface area contributed by atoms with Gasteiger partial charge < -0.3 is 0 Å². The van der Waals surface area contributed by atoms with Crippen molar-refractivity contribution in [3.63, 3.8) is 0 Å². The minimum absolute atomic E-state index is 0.500. The Balaban J connectivity index is -0.0000000414. The van der Waals surface area contributed by atoms with E-state index >= 15 is 0 Å². The molecule has 0 saturated heterocycles. The van der Waals surface area contributed by atoms with Crippen molar-refractivity contribution >= 4 is 0 Å². The van der Waals surface area contributed by atoms with Gasteiger partial charge in [0.25, 0.3) is 0 Å². The fourth-order valence-corrected chi connectivity index (χ4v) is 0. The SMILES string of the molecule is C=C(C)C.CC.CC.CC(C)(C)C.CC(C)(C)C. The first-order chi connectivity index (χ1) is 7.73. The van der Waals surface area contributed by atoms with Gasteiger partial charge in [0.15, 0.2) is 0 Å². The predicted molar refractivity (Wildman–Crippen MR) is 93.4 cm³/mol. The average Bonchev–Trinajstić information content (AvgIpc) is 2.03. The van der Waals surface area contributed by atoms with Crippen LogP contribution in [0.3, 0.4) is 0 Å². The Morgan fingerprint density at radius 1 is 0.556 bits per heavy atom. The summed E-state index contributed by atoms with van der Waals surface area (Å²) in [6, 6.07) is 0. The molecule has 0 heterocycles. The molecule has 0 bridgehead atoms. The molecule has 0 aliphatic carbocycles. The third kappa shape index (κ3) is 50600. The van der Waals surface area contributed by atoms with Crippen LogP contribution in [-0.4, -0.2) is 0 Å². The highest BCUT2D eigenvalue weighted by Crippen LogP contribution is 2.08. The smallest absolute Gasteiger partial charge is 0.0411 e. The molecule has 0 spiro atoms. The van der Waals surface area contributed by atoms with Crippen molar-refractivity contribution in [2.45, 2.75) is 96.9 Å². The lowest BCUT2D eigenvalue weighted by Crippen LogP contribution is -1.93. The van der Waals surface area contributed by atoms with Crippen molar-refractivity contribution in [3.8, 4) is 0 Å². The Hall–Kier alpha value is -0.260. The Labute approximate surface area is 120 Å². The zero-order chi connectivity index (χ0) is 16.6. The second kappa shape index (κ2) is 19.1. The van der Waals surface area contributed by atoms with E-state index in [1.807, 2.05) is 41.5 Å². The van der Waals surface area contributed by atoms with E-state index in [0.717, 1.165) is 0 Å². The fourth-order valence-electron chi connectivity index (χ4n) is 0. The van der Waals surface area contributed by atoms with Gasteiger partial charge in [-0.15, -0.1) is 6.58 Å². The molecule has 0 aromatic rings. The van der Waals surface area contributed by atoms with Crippen molar-refractivity contribution in [1.29, 1.82) is 0 Å². The van der Waals surface area contributed by atoms with Crippen molar-refractivity contribution in [1.82, 2.24) is 0 Å². The van der Waals surface area contributed by atoms with Gasteiger partial charge in [0, 0.05) is 0 Å². The van der Waals surface area contributed by atoms with Gasteiger partial charge in [0.1, 0.15) is 0 Å². The fraction of sp³-hybridized carbons (Fsp3) is 0.889. The van der Waals surface area contributed by atoms with Crippen LogP contribution in [0.25, 0.3) is 0 Å². The summed E-state index contributed by atoms with van der Waals surface area (Å²) >= 11 is 0. The second-order valence-electron chi connectivity index (χ2n) is 7.21. The van der Waals surface area contributed by atoms with Crippen LogP contribution in [0.5, 0.6) is 0 Å². The van der Waals surface area contributed by atoms with Gasteiger partial charge in [-0.3, -0.25) is 0 Å². The maximum absolute atomic E-state index is 3.56. The van der Waals surface area contributed by atoms with Gasteiger partial charge in [-0.05, 0) is 24.7 Å².